The van der Waals surface area contributed by atoms with Crippen LogP contribution in [0.1, 0.15) is 34.8 Å². The first-order chi connectivity index (χ1) is 14.5. The van der Waals surface area contributed by atoms with Gasteiger partial charge in [-0.1, -0.05) is 30.3 Å². The lowest BCUT2D eigenvalue weighted by Crippen LogP contribution is -2.39. The molecule has 2 aromatic heterocycles. The first kappa shape index (κ1) is 19.6. The summed E-state index contributed by atoms with van der Waals surface area (Å²) < 4.78 is 7.15. The van der Waals surface area contributed by atoms with E-state index in [4.69, 9.17) is 4.74 Å². The van der Waals surface area contributed by atoms with Crippen LogP contribution in [0.25, 0.3) is 11.0 Å². The summed E-state index contributed by atoms with van der Waals surface area (Å²) in [5, 5.41) is 9.69. The van der Waals surface area contributed by atoms with Crippen molar-refractivity contribution in [3.05, 3.63) is 76.2 Å². The Labute approximate surface area is 172 Å². The number of carbonyl (C=O) groups excluding carboxylic acids is 1. The van der Waals surface area contributed by atoms with Gasteiger partial charge in [0.1, 0.15) is 17.8 Å². The van der Waals surface area contributed by atoms with Crippen LogP contribution in [0.2, 0.25) is 0 Å². The maximum Gasteiger partial charge on any atom is 0.410 e. The molecule has 3 heterocycles. The molecule has 1 amide bonds. The standard InChI is InChI=1S/C22H21N3O5/c26-19-17-7-4-10-23-20(17)25(13-18(19)21(27)28)16-8-11-24(12-9-16)22(29)30-14-15-5-2-1-3-6-15/h1-7,10,13,16H,8-9,11-12,14H2,(H,27,28). The first-order valence-electron chi connectivity index (χ1n) is 9.73. The number of pyridine rings is 2. The Kier molecular flexibility index (Phi) is 5.47. The lowest BCUT2D eigenvalue weighted by atomic mass is 10.0. The van der Waals surface area contributed by atoms with E-state index in [1.807, 2.05) is 30.3 Å². The molecule has 1 saturated heterocycles. The predicted molar refractivity (Wildman–Crippen MR) is 109 cm³/mol. The summed E-state index contributed by atoms with van der Waals surface area (Å²) in [5.74, 6) is -1.26. The largest absolute Gasteiger partial charge is 0.477 e. The van der Waals surface area contributed by atoms with Crippen molar-refractivity contribution in [2.45, 2.75) is 25.5 Å². The summed E-state index contributed by atoms with van der Waals surface area (Å²) in [6.07, 6.45) is 3.79. The number of benzene rings is 1. The molecule has 1 aliphatic rings. The Hall–Kier alpha value is -3.68. The van der Waals surface area contributed by atoms with Crippen molar-refractivity contribution in [3.63, 3.8) is 0 Å². The van der Waals surface area contributed by atoms with E-state index in [0.29, 0.717) is 31.6 Å². The number of piperidine rings is 1. The minimum atomic E-state index is -1.26. The van der Waals surface area contributed by atoms with Gasteiger partial charge in [0.15, 0.2) is 0 Å². The number of carbonyl (C=O) groups is 2. The summed E-state index contributed by atoms with van der Waals surface area (Å²) in [4.78, 5) is 42.3. The quantitative estimate of drug-likeness (QED) is 0.713. The van der Waals surface area contributed by atoms with E-state index < -0.39 is 11.4 Å². The molecule has 3 aromatic rings. The Bertz CT molecular complexity index is 1130. The Morgan fingerprint density at radius 1 is 1.10 bits per heavy atom. The van der Waals surface area contributed by atoms with Crippen molar-refractivity contribution >= 4 is 23.1 Å². The number of likely N-dealkylation sites (tertiary alicyclic amines) is 1. The van der Waals surface area contributed by atoms with E-state index in [1.54, 1.807) is 27.8 Å². The first-order valence-corrected chi connectivity index (χ1v) is 9.73. The molecule has 1 fully saturated rings. The fourth-order valence-corrected chi connectivity index (χ4v) is 3.75. The van der Waals surface area contributed by atoms with Crippen LogP contribution >= 0.6 is 0 Å². The van der Waals surface area contributed by atoms with Gasteiger partial charge in [-0.3, -0.25) is 4.79 Å². The van der Waals surface area contributed by atoms with Crippen LogP contribution in [0.5, 0.6) is 0 Å². The molecule has 0 saturated carbocycles. The third-order valence-corrected chi connectivity index (χ3v) is 5.34. The molecule has 1 N–H and O–H groups in total. The lowest BCUT2D eigenvalue weighted by Gasteiger charge is -2.33. The third kappa shape index (κ3) is 3.89. The van der Waals surface area contributed by atoms with Crippen molar-refractivity contribution in [1.82, 2.24) is 14.5 Å². The van der Waals surface area contributed by atoms with Gasteiger partial charge < -0.3 is 19.3 Å². The van der Waals surface area contributed by atoms with Gasteiger partial charge >= 0.3 is 12.1 Å². The predicted octanol–water partition coefficient (Wildman–Crippen LogP) is 3.07. The zero-order valence-corrected chi connectivity index (χ0v) is 16.2. The molecule has 8 heteroatoms. The van der Waals surface area contributed by atoms with Gasteiger partial charge in [0.25, 0.3) is 0 Å². The molecule has 0 radical (unpaired) electrons. The Balaban J connectivity index is 1.48. The molecule has 0 spiro atoms. The van der Waals surface area contributed by atoms with Crippen molar-refractivity contribution in [2.24, 2.45) is 0 Å². The van der Waals surface area contributed by atoms with Gasteiger partial charge in [0, 0.05) is 31.5 Å². The monoisotopic (exact) mass is 407 g/mol. The van der Waals surface area contributed by atoms with Crippen molar-refractivity contribution in [3.8, 4) is 0 Å². The SMILES string of the molecule is O=C(O)c1cn(C2CCN(C(=O)OCc3ccccc3)CC2)c2ncccc2c1=O. The second kappa shape index (κ2) is 8.36. The lowest BCUT2D eigenvalue weighted by molar-refractivity contribution is 0.0694. The highest BCUT2D eigenvalue weighted by Crippen LogP contribution is 2.26. The third-order valence-electron chi connectivity index (χ3n) is 5.34. The minimum Gasteiger partial charge on any atom is -0.477 e. The van der Waals surface area contributed by atoms with E-state index in [0.717, 1.165) is 5.56 Å². The van der Waals surface area contributed by atoms with E-state index in [2.05, 4.69) is 4.98 Å². The van der Waals surface area contributed by atoms with E-state index in [9.17, 15) is 19.5 Å². The highest BCUT2D eigenvalue weighted by atomic mass is 16.6. The summed E-state index contributed by atoms with van der Waals surface area (Å²) >= 11 is 0. The molecule has 0 unspecified atom stereocenters. The maximum absolute atomic E-state index is 12.4. The molecule has 154 valence electrons. The second-order valence-electron chi connectivity index (χ2n) is 7.22. The van der Waals surface area contributed by atoms with Gasteiger partial charge in [-0.05, 0) is 30.5 Å². The summed E-state index contributed by atoms with van der Waals surface area (Å²) in [6, 6.07) is 12.6. The molecule has 0 bridgehead atoms. The number of aromatic carboxylic acids is 1. The van der Waals surface area contributed by atoms with Crippen LogP contribution in [0.3, 0.4) is 0 Å². The molecule has 0 aliphatic carbocycles. The Morgan fingerprint density at radius 2 is 1.83 bits per heavy atom. The number of carboxylic acid groups (broad SMARTS) is 1. The highest BCUT2D eigenvalue weighted by molar-refractivity contribution is 5.91. The van der Waals surface area contributed by atoms with Crippen LogP contribution in [0.15, 0.2) is 59.7 Å². The molecular formula is C22H21N3O5. The van der Waals surface area contributed by atoms with Crippen LogP contribution < -0.4 is 5.43 Å². The van der Waals surface area contributed by atoms with Crippen LogP contribution in [0.4, 0.5) is 4.79 Å². The fraction of sp³-hybridized carbons (Fsp3) is 0.273. The van der Waals surface area contributed by atoms with Crippen molar-refractivity contribution in [2.75, 3.05) is 13.1 Å². The zero-order valence-electron chi connectivity index (χ0n) is 16.2. The molecule has 8 nitrogen and oxygen atoms in total. The number of amides is 1. The molecular weight excluding hydrogens is 386 g/mol. The number of hydrogen-bond acceptors (Lipinski definition) is 5. The van der Waals surface area contributed by atoms with Crippen molar-refractivity contribution in [1.29, 1.82) is 0 Å². The molecule has 30 heavy (non-hydrogen) atoms. The summed E-state index contributed by atoms with van der Waals surface area (Å²) in [5.41, 5.74) is 0.564. The number of rotatable bonds is 4. The Morgan fingerprint density at radius 3 is 2.53 bits per heavy atom. The molecule has 1 aromatic carbocycles. The van der Waals surface area contributed by atoms with Gasteiger partial charge in [0.2, 0.25) is 5.43 Å². The summed E-state index contributed by atoms with van der Waals surface area (Å²) in [6.45, 7) is 1.16. The maximum atomic E-state index is 12.4. The van der Waals surface area contributed by atoms with Crippen molar-refractivity contribution < 1.29 is 19.4 Å². The number of hydrogen-bond donors (Lipinski definition) is 1. The van der Waals surface area contributed by atoms with Gasteiger partial charge in [-0.2, -0.15) is 0 Å². The average molecular weight is 407 g/mol. The second-order valence-corrected chi connectivity index (χ2v) is 7.22. The normalized spacial score (nSPS) is 14.6. The number of aromatic nitrogens is 2. The average Bonchev–Trinajstić information content (AvgIpc) is 2.78. The van der Waals surface area contributed by atoms with Crippen LogP contribution in [-0.4, -0.2) is 44.7 Å². The van der Waals surface area contributed by atoms with Crippen LogP contribution in [-0.2, 0) is 11.3 Å². The van der Waals surface area contributed by atoms with E-state index in [-0.39, 0.29) is 29.7 Å². The van der Waals surface area contributed by atoms with Gasteiger partial charge in [-0.15, -0.1) is 0 Å². The molecule has 4 rings (SSSR count). The number of nitrogens with zero attached hydrogens (tertiary/aromatic N) is 3. The molecule has 1 aliphatic heterocycles. The number of carboxylic acids is 1. The molecule has 0 atom stereocenters. The van der Waals surface area contributed by atoms with E-state index in [1.165, 1.54) is 6.20 Å². The zero-order chi connectivity index (χ0) is 21.1. The van der Waals surface area contributed by atoms with Crippen LogP contribution in [0, 0.1) is 0 Å². The van der Waals surface area contributed by atoms with Gasteiger partial charge in [-0.25, -0.2) is 14.6 Å². The topological polar surface area (TPSA) is 102 Å². The summed E-state index contributed by atoms with van der Waals surface area (Å²) in [7, 11) is 0. The van der Waals surface area contributed by atoms with Gasteiger partial charge in [0.05, 0.1) is 5.39 Å². The fourth-order valence-electron chi connectivity index (χ4n) is 3.75. The minimum absolute atomic E-state index is 0.0701. The highest BCUT2D eigenvalue weighted by Gasteiger charge is 2.27. The number of ether oxygens (including phenoxy) is 1. The smallest absolute Gasteiger partial charge is 0.410 e. The number of fused-ring (bicyclic) bond motifs is 1. The van der Waals surface area contributed by atoms with E-state index >= 15 is 0 Å².